The lowest BCUT2D eigenvalue weighted by Crippen LogP contribution is -2.45. The van der Waals surface area contributed by atoms with Crippen molar-refractivity contribution in [1.29, 1.82) is 0 Å². The molecule has 1 aromatic carbocycles. The Hall–Kier alpha value is -2.10. The minimum Gasteiger partial charge on any atom is -0.357 e. The monoisotopic (exact) mass is 536 g/mol. The number of likely N-dealkylation sites (tertiary alicyclic amines) is 1. The molecule has 168 valence electrons. The van der Waals surface area contributed by atoms with Gasteiger partial charge in [0.15, 0.2) is 5.96 Å². The van der Waals surface area contributed by atoms with Gasteiger partial charge in [-0.3, -0.25) is 4.79 Å². The Labute approximate surface area is 201 Å². The van der Waals surface area contributed by atoms with Crippen molar-refractivity contribution in [2.75, 3.05) is 19.6 Å². The quantitative estimate of drug-likeness (QED) is 0.338. The second-order valence-corrected chi connectivity index (χ2v) is 8.17. The van der Waals surface area contributed by atoms with Crippen LogP contribution < -0.4 is 10.6 Å². The number of amides is 1. The number of nitrogens with zero attached hydrogens (tertiary/aromatic N) is 4. The van der Waals surface area contributed by atoms with Crippen molar-refractivity contribution in [2.24, 2.45) is 10.9 Å². The highest BCUT2D eigenvalue weighted by Crippen LogP contribution is 2.27. The lowest BCUT2D eigenvalue weighted by molar-refractivity contribution is -0.134. The Morgan fingerprint density at radius 2 is 2.00 bits per heavy atom. The number of guanidine groups is 1. The van der Waals surface area contributed by atoms with Gasteiger partial charge >= 0.3 is 0 Å². The molecule has 1 atom stereocenters. The molecular weight excluding hydrogens is 503 g/mol. The van der Waals surface area contributed by atoms with Gasteiger partial charge in [-0.15, -0.1) is 24.0 Å². The molecule has 1 saturated carbocycles. The van der Waals surface area contributed by atoms with Gasteiger partial charge in [-0.25, -0.2) is 9.67 Å². The van der Waals surface area contributed by atoms with E-state index in [9.17, 15) is 4.79 Å². The first-order valence-corrected chi connectivity index (χ1v) is 11.2. The largest absolute Gasteiger partial charge is 0.357 e. The number of hydrogen-bond acceptors (Lipinski definition) is 3. The molecule has 4 rings (SSSR count). The Kier molecular flexibility index (Phi) is 8.74. The summed E-state index contributed by atoms with van der Waals surface area (Å²) in [6, 6.07) is 10.4. The van der Waals surface area contributed by atoms with Gasteiger partial charge in [-0.05, 0) is 43.9 Å². The van der Waals surface area contributed by atoms with E-state index in [1.54, 1.807) is 6.20 Å². The Bertz CT molecular complexity index is 863. The lowest BCUT2D eigenvalue weighted by atomic mass is 10.1. The lowest BCUT2D eigenvalue weighted by Gasteiger charge is -2.21. The summed E-state index contributed by atoms with van der Waals surface area (Å²) >= 11 is 0. The third kappa shape index (κ3) is 5.99. The van der Waals surface area contributed by atoms with E-state index in [1.165, 1.54) is 12.8 Å². The SMILES string of the molecule is CCNC(=NCc1ccccc1-n1cccn1)NC1CCN(C(=O)C2CCCC2)C1.I. The molecule has 1 amide bonds. The van der Waals surface area contributed by atoms with Crippen LogP contribution in [0.4, 0.5) is 0 Å². The van der Waals surface area contributed by atoms with Gasteiger partial charge in [-0.2, -0.15) is 5.10 Å². The summed E-state index contributed by atoms with van der Waals surface area (Å²) in [5.74, 6) is 1.41. The molecule has 2 fully saturated rings. The Morgan fingerprint density at radius 3 is 2.74 bits per heavy atom. The topological polar surface area (TPSA) is 74.6 Å². The maximum atomic E-state index is 12.7. The normalized spacial score (nSPS) is 19.3. The van der Waals surface area contributed by atoms with Gasteiger partial charge in [0.1, 0.15) is 0 Å². The average molecular weight is 536 g/mol. The number of rotatable bonds is 6. The third-order valence-corrected chi connectivity index (χ3v) is 6.04. The molecule has 1 aromatic heterocycles. The minimum absolute atomic E-state index is 0. The van der Waals surface area contributed by atoms with E-state index < -0.39 is 0 Å². The molecule has 2 heterocycles. The van der Waals surface area contributed by atoms with Crippen LogP contribution in [0.2, 0.25) is 0 Å². The molecule has 1 aliphatic carbocycles. The molecule has 8 heteroatoms. The van der Waals surface area contributed by atoms with E-state index in [-0.39, 0.29) is 35.9 Å². The van der Waals surface area contributed by atoms with Gasteiger partial charge in [0.2, 0.25) is 5.91 Å². The second kappa shape index (κ2) is 11.5. The van der Waals surface area contributed by atoms with Crippen molar-refractivity contribution in [3.63, 3.8) is 0 Å². The van der Waals surface area contributed by atoms with Gasteiger partial charge in [-0.1, -0.05) is 31.0 Å². The zero-order chi connectivity index (χ0) is 20.8. The van der Waals surface area contributed by atoms with Crippen molar-refractivity contribution < 1.29 is 4.79 Å². The number of aromatic nitrogens is 2. The number of nitrogens with one attached hydrogen (secondary N) is 2. The van der Waals surface area contributed by atoms with E-state index in [2.05, 4.69) is 34.8 Å². The first kappa shape index (κ1) is 23.6. The standard InChI is InChI=1S/C23H32N6O.HI/c1-2-24-23(25-16-19-10-5-6-11-21(19)29-14-7-13-26-29)27-20-12-15-28(17-20)22(30)18-8-3-4-9-18;/h5-7,10-11,13-14,18,20H,2-4,8-9,12,15-17H2,1H3,(H2,24,25,27);1H. The molecule has 2 N–H and O–H groups in total. The molecule has 0 radical (unpaired) electrons. The van der Waals surface area contributed by atoms with E-state index >= 15 is 0 Å². The highest BCUT2D eigenvalue weighted by atomic mass is 127. The summed E-state index contributed by atoms with van der Waals surface area (Å²) in [4.78, 5) is 19.6. The molecule has 31 heavy (non-hydrogen) atoms. The fourth-order valence-electron chi connectivity index (χ4n) is 4.47. The van der Waals surface area contributed by atoms with Crippen LogP contribution in [-0.4, -0.2) is 52.2 Å². The number of aliphatic imine (C=N–C) groups is 1. The van der Waals surface area contributed by atoms with Gasteiger partial charge in [0.05, 0.1) is 12.2 Å². The van der Waals surface area contributed by atoms with Crippen molar-refractivity contribution in [1.82, 2.24) is 25.3 Å². The van der Waals surface area contributed by atoms with Crippen LogP contribution in [0, 0.1) is 5.92 Å². The molecule has 2 aromatic rings. The van der Waals surface area contributed by atoms with Crippen molar-refractivity contribution in [3.8, 4) is 5.69 Å². The first-order chi connectivity index (χ1) is 14.7. The predicted octanol–water partition coefficient (Wildman–Crippen LogP) is 3.34. The number of carbonyl (C=O) groups is 1. The molecule has 2 aliphatic rings. The van der Waals surface area contributed by atoms with Gasteiger partial charge < -0.3 is 15.5 Å². The summed E-state index contributed by atoms with van der Waals surface area (Å²) in [6.45, 7) is 5.03. The fraction of sp³-hybridized carbons (Fsp3) is 0.522. The van der Waals surface area contributed by atoms with Crippen molar-refractivity contribution in [2.45, 2.75) is 51.6 Å². The van der Waals surface area contributed by atoms with Crippen LogP contribution >= 0.6 is 24.0 Å². The fourth-order valence-corrected chi connectivity index (χ4v) is 4.47. The summed E-state index contributed by atoms with van der Waals surface area (Å²) in [5, 5.41) is 11.2. The Morgan fingerprint density at radius 1 is 1.19 bits per heavy atom. The number of para-hydroxylation sites is 1. The number of carbonyl (C=O) groups excluding carboxylic acids is 1. The second-order valence-electron chi connectivity index (χ2n) is 8.17. The summed E-state index contributed by atoms with van der Waals surface area (Å²) in [6.07, 6.45) is 9.21. The van der Waals surface area contributed by atoms with Gasteiger partial charge in [0, 0.05) is 44.0 Å². The first-order valence-electron chi connectivity index (χ1n) is 11.2. The van der Waals surface area contributed by atoms with Crippen LogP contribution in [0.3, 0.4) is 0 Å². The van der Waals surface area contributed by atoms with Crippen LogP contribution in [0.5, 0.6) is 0 Å². The summed E-state index contributed by atoms with van der Waals surface area (Å²) in [5.41, 5.74) is 2.15. The summed E-state index contributed by atoms with van der Waals surface area (Å²) < 4.78 is 1.87. The zero-order valence-corrected chi connectivity index (χ0v) is 20.5. The van der Waals surface area contributed by atoms with Crippen LogP contribution in [0.1, 0.15) is 44.6 Å². The Balaban J connectivity index is 0.00000272. The van der Waals surface area contributed by atoms with Crippen LogP contribution in [-0.2, 0) is 11.3 Å². The molecule has 0 bridgehead atoms. The van der Waals surface area contributed by atoms with E-state index in [4.69, 9.17) is 4.99 Å². The summed E-state index contributed by atoms with van der Waals surface area (Å²) in [7, 11) is 0. The minimum atomic E-state index is 0. The molecule has 0 spiro atoms. The van der Waals surface area contributed by atoms with Crippen molar-refractivity contribution in [3.05, 3.63) is 48.3 Å². The predicted molar refractivity (Wildman–Crippen MR) is 134 cm³/mol. The number of halogens is 1. The van der Waals surface area contributed by atoms with Crippen molar-refractivity contribution >= 4 is 35.8 Å². The molecular formula is C23H33IN6O. The maximum absolute atomic E-state index is 12.7. The van der Waals surface area contributed by atoms with Crippen LogP contribution in [0.15, 0.2) is 47.7 Å². The van der Waals surface area contributed by atoms with Gasteiger partial charge in [0.25, 0.3) is 0 Å². The third-order valence-electron chi connectivity index (χ3n) is 6.04. The highest BCUT2D eigenvalue weighted by Gasteiger charge is 2.32. The van der Waals surface area contributed by atoms with E-state index in [0.717, 1.165) is 56.1 Å². The number of benzene rings is 1. The zero-order valence-electron chi connectivity index (χ0n) is 18.2. The average Bonchev–Trinajstić information content (AvgIpc) is 3.55. The molecule has 1 unspecified atom stereocenters. The maximum Gasteiger partial charge on any atom is 0.225 e. The highest BCUT2D eigenvalue weighted by molar-refractivity contribution is 14.0. The molecule has 7 nitrogen and oxygen atoms in total. The molecule has 1 saturated heterocycles. The van der Waals surface area contributed by atoms with E-state index in [0.29, 0.717) is 12.5 Å². The van der Waals surface area contributed by atoms with E-state index in [1.807, 2.05) is 34.0 Å². The molecule has 1 aliphatic heterocycles. The smallest absolute Gasteiger partial charge is 0.225 e. The number of hydrogen-bond donors (Lipinski definition) is 2. The van der Waals surface area contributed by atoms with Crippen LogP contribution in [0.25, 0.3) is 5.69 Å².